The molecule has 1 saturated heterocycles. The van der Waals surface area contributed by atoms with E-state index in [1.807, 2.05) is 34.2 Å². The molecule has 0 aromatic carbocycles. The van der Waals surface area contributed by atoms with Crippen molar-refractivity contribution in [3.05, 3.63) is 23.3 Å². The van der Waals surface area contributed by atoms with Gasteiger partial charge in [-0.15, -0.1) is 5.10 Å². The molecule has 1 amide bonds. The summed E-state index contributed by atoms with van der Waals surface area (Å²) >= 11 is 0. The Morgan fingerprint density at radius 2 is 2.00 bits per heavy atom. The van der Waals surface area contributed by atoms with Crippen molar-refractivity contribution < 1.29 is 4.79 Å². The number of tetrazole rings is 1. The first-order valence-corrected chi connectivity index (χ1v) is 11.0. The number of carbonyl (C=O) groups excluding carboxylic acids is 1. The highest BCUT2D eigenvalue weighted by atomic mass is 16.2. The van der Waals surface area contributed by atoms with Gasteiger partial charge in [0.1, 0.15) is 5.54 Å². The topological polar surface area (TPSA) is 85.0 Å². The fourth-order valence-electron chi connectivity index (χ4n) is 4.33. The molecule has 0 spiro atoms. The summed E-state index contributed by atoms with van der Waals surface area (Å²) in [5.41, 5.74) is 1.70. The van der Waals surface area contributed by atoms with Crippen molar-refractivity contribution in [2.75, 3.05) is 27.2 Å². The van der Waals surface area contributed by atoms with Crippen LogP contribution in [-0.2, 0) is 23.4 Å². The lowest BCUT2D eigenvalue weighted by molar-refractivity contribution is -0.135. The first kappa shape index (κ1) is 22.4. The van der Waals surface area contributed by atoms with Crippen LogP contribution in [0.1, 0.15) is 56.7 Å². The normalized spacial score (nSPS) is 19.8. The molecule has 0 N–H and O–H groups in total. The Hall–Kier alpha value is -2.29. The maximum Gasteiger partial charge on any atom is 0.224 e. The third kappa shape index (κ3) is 4.71. The van der Waals surface area contributed by atoms with Gasteiger partial charge in [-0.3, -0.25) is 14.4 Å². The van der Waals surface area contributed by atoms with Crippen LogP contribution in [0.4, 0.5) is 0 Å². The van der Waals surface area contributed by atoms with Crippen molar-refractivity contribution in [3.8, 4) is 0 Å². The van der Waals surface area contributed by atoms with Crippen molar-refractivity contribution in [1.29, 1.82) is 0 Å². The SMILES string of the molecule is Cc1cc(C)n(CCC(=O)N2CCCC(c3nnnn3CCC(C)C)(N(C)C)C2)n1. The molecule has 1 atom stereocenters. The third-order valence-corrected chi connectivity index (χ3v) is 6.19. The van der Waals surface area contributed by atoms with Gasteiger partial charge in [-0.1, -0.05) is 13.8 Å². The minimum atomic E-state index is -0.368. The molecule has 1 unspecified atom stereocenters. The number of aromatic nitrogens is 6. The highest BCUT2D eigenvalue weighted by Gasteiger charge is 2.44. The van der Waals surface area contributed by atoms with E-state index in [4.69, 9.17) is 0 Å². The number of nitrogens with zero attached hydrogens (tertiary/aromatic N) is 8. The van der Waals surface area contributed by atoms with Gasteiger partial charge in [0, 0.05) is 38.3 Å². The third-order valence-electron chi connectivity index (χ3n) is 6.19. The van der Waals surface area contributed by atoms with Crippen molar-refractivity contribution in [2.24, 2.45) is 5.92 Å². The zero-order valence-electron chi connectivity index (χ0n) is 19.3. The average molecular weight is 417 g/mol. The van der Waals surface area contributed by atoms with E-state index in [1.165, 1.54) is 0 Å². The fourth-order valence-corrected chi connectivity index (χ4v) is 4.33. The van der Waals surface area contributed by atoms with E-state index in [2.05, 4.69) is 53.5 Å². The summed E-state index contributed by atoms with van der Waals surface area (Å²) in [4.78, 5) is 17.2. The van der Waals surface area contributed by atoms with E-state index in [0.29, 0.717) is 25.4 Å². The van der Waals surface area contributed by atoms with Gasteiger partial charge in [0.05, 0.1) is 5.69 Å². The fraction of sp³-hybridized carbons (Fsp3) is 0.762. The number of hydrogen-bond acceptors (Lipinski definition) is 6. The average Bonchev–Trinajstić information content (AvgIpc) is 3.30. The first-order valence-electron chi connectivity index (χ1n) is 11.0. The Labute approximate surface area is 179 Å². The van der Waals surface area contributed by atoms with Crippen molar-refractivity contribution >= 4 is 5.91 Å². The van der Waals surface area contributed by atoms with Crippen LogP contribution < -0.4 is 0 Å². The van der Waals surface area contributed by atoms with Crippen molar-refractivity contribution in [2.45, 2.75) is 72.0 Å². The Kier molecular flexibility index (Phi) is 6.90. The van der Waals surface area contributed by atoms with Gasteiger partial charge in [-0.2, -0.15) is 5.10 Å². The molecule has 1 fully saturated rings. The lowest BCUT2D eigenvalue weighted by Gasteiger charge is -2.46. The maximum absolute atomic E-state index is 13.1. The van der Waals surface area contributed by atoms with Gasteiger partial charge in [0.2, 0.25) is 5.91 Å². The van der Waals surface area contributed by atoms with Gasteiger partial charge in [-0.05, 0) is 69.6 Å². The number of hydrogen-bond donors (Lipinski definition) is 0. The van der Waals surface area contributed by atoms with Crippen LogP contribution in [0, 0.1) is 19.8 Å². The molecule has 0 saturated carbocycles. The summed E-state index contributed by atoms with van der Waals surface area (Å²) in [6, 6.07) is 2.04. The van der Waals surface area contributed by atoms with Gasteiger partial charge in [0.25, 0.3) is 0 Å². The Morgan fingerprint density at radius 3 is 2.63 bits per heavy atom. The van der Waals surface area contributed by atoms with Gasteiger partial charge >= 0.3 is 0 Å². The molecule has 30 heavy (non-hydrogen) atoms. The smallest absolute Gasteiger partial charge is 0.224 e. The maximum atomic E-state index is 13.1. The van der Waals surface area contributed by atoms with Crippen LogP contribution in [-0.4, -0.2) is 72.9 Å². The van der Waals surface area contributed by atoms with E-state index in [9.17, 15) is 4.79 Å². The molecule has 0 bridgehead atoms. The Balaban J connectivity index is 1.75. The molecule has 3 rings (SSSR count). The molecule has 9 heteroatoms. The summed E-state index contributed by atoms with van der Waals surface area (Å²) < 4.78 is 3.85. The lowest BCUT2D eigenvalue weighted by Crippen LogP contribution is -2.56. The van der Waals surface area contributed by atoms with Crippen LogP contribution in [0.2, 0.25) is 0 Å². The quantitative estimate of drug-likeness (QED) is 0.654. The highest BCUT2D eigenvalue weighted by molar-refractivity contribution is 5.76. The summed E-state index contributed by atoms with van der Waals surface area (Å²) in [5.74, 6) is 1.61. The molecular formula is C21H36N8O. The van der Waals surface area contributed by atoms with Gasteiger partial charge in [0.15, 0.2) is 5.82 Å². The number of likely N-dealkylation sites (N-methyl/N-ethyl adjacent to an activating group) is 1. The zero-order chi connectivity index (χ0) is 21.9. The van der Waals surface area contributed by atoms with E-state index >= 15 is 0 Å². The molecule has 0 aliphatic carbocycles. The van der Waals surface area contributed by atoms with E-state index in [1.54, 1.807) is 0 Å². The molecule has 2 aromatic heterocycles. The van der Waals surface area contributed by atoms with Crippen LogP contribution in [0.3, 0.4) is 0 Å². The Morgan fingerprint density at radius 1 is 1.23 bits per heavy atom. The van der Waals surface area contributed by atoms with E-state index in [-0.39, 0.29) is 11.4 Å². The predicted molar refractivity (Wildman–Crippen MR) is 115 cm³/mol. The second-order valence-electron chi connectivity index (χ2n) is 9.15. The van der Waals surface area contributed by atoms with Crippen molar-refractivity contribution in [1.82, 2.24) is 39.8 Å². The summed E-state index contributed by atoms with van der Waals surface area (Å²) in [5, 5.41) is 17.1. The largest absolute Gasteiger partial charge is 0.340 e. The second-order valence-corrected chi connectivity index (χ2v) is 9.15. The molecule has 3 heterocycles. The number of likely N-dealkylation sites (tertiary alicyclic amines) is 1. The predicted octanol–water partition coefficient (Wildman–Crippen LogP) is 2.00. The minimum Gasteiger partial charge on any atom is -0.340 e. The minimum absolute atomic E-state index is 0.162. The van der Waals surface area contributed by atoms with Gasteiger partial charge < -0.3 is 4.90 Å². The van der Waals surface area contributed by atoms with Crippen LogP contribution in [0.5, 0.6) is 0 Å². The Bertz CT molecular complexity index is 855. The van der Waals surface area contributed by atoms with Crippen molar-refractivity contribution in [3.63, 3.8) is 0 Å². The molecule has 2 aromatic rings. The number of piperidine rings is 1. The zero-order valence-corrected chi connectivity index (χ0v) is 19.3. The molecule has 1 aliphatic heterocycles. The summed E-state index contributed by atoms with van der Waals surface area (Å²) in [6.07, 6.45) is 3.33. The molecule has 1 aliphatic rings. The number of amides is 1. The van der Waals surface area contributed by atoms with Crippen LogP contribution in [0.25, 0.3) is 0 Å². The first-order chi connectivity index (χ1) is 14.2. The molecule has 9 nitrogen and oxygen atoms in total. The number of carbonyl (C=O) groups is 1. The van der Waals surface area contributed by atoms with Crippen LogP contribution >= 0.6 is 0 Å². The molecule has 0 radical (unpaired) electrons. The summed E-state index contributed by atoms with van der Waals surface area (Å²) in [7, 11) is 4.12. The molecular weight excluding hydrogens is 380 g/mol. The standard InChI is InChI=1S/C21H36N8O/c1-16(2)8-12-29-20(22-24-25-29)21(26(5)6)10-7-11-27(15-21)19(30)9-13-28-18(4)14-17(3)23-28/h14,16H,7-13,15H2,1-6H3. The lowest BCUT2D eigenvalue weighted by atomic mass is 9.86. The van der Waals surface area contributed by atoms with Crippen LogP contribution in [0.15, 0.2) is 6.07 Å². The van der Waals surface area contributed by atoms with E-state index in [0.717, 1.165) is 49.6 Å². The summed E-state index contributed by atoms with van der Waals surface area (Å²) in [6.45, 7) is 11.2. The van der Waals surface area contributed by atoms with E-state index < -0.39 is 0 Å². The van der Waals surface area contributed by atoms with Gasteiger partial charge in [-0.25, -0.2) is 4.68 Å². The number of rotatable bonds is 8. The highest BCUT2D eigenvalue weighted by Crippen LogP contribution is 2.35. The number of aryl methyl sites for hydroxylation is 4. The second kappa shape index (κ2) is 9.24. The monoisotopic (exact) mass is 416 g/mol. The molecule has 166 valence electrons.